The first-order chi connectivity index (χ1) is 10.3. The summed E-state index contributed by atoms with van der Waals surface area (Å²) in [6.07, 6.45) is 5.68. The van der Waals surface area contributed by atoms with Crippen LogP contribution in [0.25, 0.3) is 0 Å². The molecule has 2 rings (SSSR count). The van der Waals surface area contributed by atoms with Crippen LogP contribution in [0.2, 0.25) is 0 Å². The van der Waals surface area contributed by atoms with E-state index >= 15 is 0 Å². The fourth-order valence-corrected chi connectivity index (χ4v) is 1.85. The van der Waals surface area contributed by atoms with Crippen molar-refractivity contribution in [2.24, 2.45) is 5.73 Å². The summed E-state index contributed by atoms with van der Waals surface area (Å²) in [5.41, 5.74) is 7.28. The van der Waals surface area contributed by atoms with E-state index in [0.717, 1.165) is 11.1 Å². The second kappa shape index (κ2) is 7.88. The van der Waals surface area contributed by atoms with Gasteiger partial charge >= 0.3 is 0 Å². The van der Waals surface area contributed by atoms with Gasteiger partial charge in [-0.15, -0.1) is 0 Å². The summed E-state index contributed by atoms with van der Waals surface area (Å²) < 4.78 is 1.88. The lowest BCUT2D eigenvalue weighted by Gasteiger charge is -2.06. The number of carbonyl (C=O) groups is 1. The van der Waals surface area contributed by atoms with E-state index in [-0.39, 0.29) is 5.91 Å². The molecule has 0 aliphatic carbocycles. The first kappa shape index (κ1) is 14.8. The molecule has 0 bridgehead atoms. The maximum atomic E-state index is 11.8. The molecule has 0 atom stereocenters. The Kier molecular flexibility index (Phi) is 5.56. The summed E-state index contributed by atoms with van der Waals surface area (Å²) in [4.78, 5) is 15.7. The zero-order chi connectivity index (χ0) is 14.9. The van der Waals surface area contributed by atoms with Crippen molar-refractivity contribution in [2.75, 3.05) is 6.54 Å². The molecule has 0 aliphatic rings. The summed E-state index contributed by atoms with van der Waals surface area (Å²) >= 11 is 0. The summed E-state index contributed by atoms with van der Waals surface area (Å²) in [7, 11) is 0. The Hall–Kier alpha value is -2.58. The predicted molar refractivity (Wildman–Crippen MR) is 81.1 cm³/mol. The highest BCUT2D eigenvalue weighted by atomic mass is 16.1. The molecule has 0 radical (unpaired) electrons. The van der Waals surface area contributed by atoms with E-state index in [1.807, 2.05) is 35.0 Å². The Balaban J connectivity index is 1.80. The standard InChI is InChI=1S/C16H18N4O/c17-7-2-5-14-3-1-4-15(11-14)12-19-16(21)6-9-20-10-8-18-13-20/h1,3-4,8,10-11,13H,6-7,9,12,17H2,(H,19,21). The minimum atomic E-state index is 0.0159. The number of aryl methyl sites for hydroxylation is 1. The van der Waals surface area contributed by atoms with Gasteiger partial charge in [0.2, 0.25) is 5.91 Å². The van der Waals surface area contributed by atoms with Crippen LogP contribution in [-0.4, -0.2) is 22.0 Å². The topological polar surface area (TPSA) is 72.9 Å². The quantitative estimate of drug-likeness (QED) is 0.800. The molecule has 0 fully saturated rings. The van der Waals surface area contributed by atoms with Gasteiger partial charge in [0, 0.05) is 37.5 Å². The van der Waals surface area contributed by atoms with Crippen LogP contribution in [-0.2, 0) is 17.9 Å². The van der Waals surface area contributed by atoms with Crippen LogP contribution >= 0.6 is 0 Å². The average Bonchev–Trinajstić information content (AvgIpc) is 3.03. The first-order valence-corrected chi connectivity index (χ1v) is 6.78. The number of nitrogens with two attached hydrogens (primary N) is 1. The van der Waals surface area contributed by atoms with Gasteiger partial charge in [0.05, 0.1) is 12.9 Å². The SMILES string of the molecule is NCC#Cc1cccc(CNC(=O)CCn2ccnc2)c1. The summed E-state index contributed by atoms with van der Waals surface area (Å²) in [6, 6.07) is 7.77. The number of imidazole rings is 1. The minimum absolute atomic E-state index is 0.0159. The summed E-state index contributed by atoms with van der Waals surface area (Å²) in [5, 5.41) is 2.90. The maximum absolute atomic E-state index is 11.8. The molecule has 0 aliphatic heterocycles. The van der Waals surface area contributed by atoms with Gasteiger partial charge < -0.3 is 15.6 Å². The van der Waals surface area contributed by atoms with Crippen molar-refractivity contribution in [3.05, 3.63) is 54.1 Å². The Morgan fingerprint density at radius 3 is 3.10 bits per heavy atom. The van der Waals surface area contributed by atoms with Gasteiger partial charge in [-0.25, -0.2) is 4.98 Å². The molecule has 1 aromatic heterocycles. The van der Waals surface area contributed by atoms with Crippen molar-refractivity contribution in [1.29, 1.82) is 0 Å². The lowest BCUT2D eigenvalue weighted by molar-refractivity contribution is -0.121. The molecule has 1 heterocycles. The molecule has 0 saturated heterocycles. The molecule has 0 spiro atoms. The number of nitrogens with one attached hydrogen (secondary N) is 1. The van der Waals surface area contributed by atoms with Crippen molar-refractivity contribution >= 4 is 5.91 Å². The number of aromatic nitrogens is 2. The zero-order valence-electron chi connectivity index (χ0n) is 11.7. The van der Waals surface area contributed by atoms with Crippen LogP contribution < -0.4 is 11.1 Å². The summed E-state index contributed by atoms with van der Waals surface area (Å²) in [6.45, 7) is 1.48. The normalized spacial score (nSPS) is 9.76. The van der Waals surface area contributed by atoms with Gasteiger partial charge in [-0.1, -0.05) is 24.0 Å². The minimum Gasteiger partial charge on any atom is -0.352 e. The van der Waals surface area contributed by atoms with E-state index < -0.39 is 0 Å². The molecule has 1 aromatic carbocycles. The van der Waals surface area contributed by atoms with Crippen LogP contribution in [0.5, 0.6) is 0 Å². The third kappa shape index (κ3) is 5.13. The van der Waals surface area contributed by atoms with Crippen molar-refractivity contribution in [2.45, 2.75) is 19.5 Å². The van der Waals surface area contributed by atoms with Gasteiger partial charge in [-0.05, 0) is 17.7 Å². The Morgan fingerprint density at radius 2 is 2.33 bits per heavy atom. The highest BCUT2D eigenvalue weighted by Crippen LogP contribution is 2.04. The van der Waals surface area contributed by atoms with Crippen molar-refractivity contribution in [3.8, 4) is 11.8 Å². The third-order valence-electron chi connectivity index (χ3n) is 2.91. The van der Waals surface area contributed by atoms with Crippen molar-refractivity contribution in [1.82, 2.24) is 14.9 Å². The second-order valence-corrected chi connectivity index (χ2v) is 4.53. The van der Waals surface area contributed by atoms with Crippen LogP contribution in [0, 0.1) is 11.8 Å². The zero-order valence-corrected chi connectivity index (χ0v) is 11.7. The molecule has 5 nitrogen and oxygen atoms in total. The van der Waals surface area contributed by atoms with Crippen LogP contribution in [0.3, 0.4) is 0 Å². The van der Waals surface area contributed by atoms with Crippen LogP contribution in [0.1, 0.15) is 17.5 Å². The average molecular weight is 282 g/mol. The molecule has 5 heteroatoms. The molecule has 1 amide bonds. The monoisotopic (exact) mass is 282 g/mol. The van der Waals surface area contributed by atoms with E-state index in [9.17, 15) is 4.79 Å². The smallest absolute Gasteiger partial charge is 0.222 e. The number of benzene rings is 1. The fraction of sp³-hybridized carbons (Fsp3) is 0.250. The van der Waals surface area contributed by atoms with E-state index in [2.05, 4.69) is 22.1 Å². The molecule has 21 heavy (non-hydrogen) atoms. The van der Waals surface area contributed by atoms with Gasteiger partial charge in [-0.3, -0.25) is 4.79 Å². The fourth-order valence-electron chi connectivity index (χ4n) is 1.85. The van der Waals surface area contributed by atoms with E-state index in [1.165, 1.54) is 0 Å². The number of amides is 1. The highest BCUT2D eigenvalue weighted by molar-refractivity contribution is 5.75. The lowest BCUT2D eigenvalue weighted by Crippen LogP contribution is -2.23. The van der Waals surface area contributed by atoms with E-state index in [4.69, 9.17) is 5.73 Å². The number of rotatable bonds is 5. The number of hydrogen-bond donors (Lipinski definition) is 2. The molecule has 0 unspecified atom stereocenters. The van der Waals surface area contributed by atoms with Gasteiger partial charge in [0.25, 0.3) is 0 Å². The van der Waals surface area contributed by atoms with Gasteiger partial charge in [-0.2, -0.15) is 0 Å². The number of hydrogen-bond acceptors (Lipinski definition) is 3. The number of carbonyl (C=O) groups excluding carboxylic acids is 1. The maximum Gasteiger partial charge on any atom is 0.222 e. The molecular weight excluding hydrogens is 264 g/mol. The third-order valence-corrected chi connectivity index (χ3v) is 2.91. The number of nitrogens with zero attached hydrogens (tertiary/aromatic N) is 2. The Labute approximate surface area is 124 Å². The second-order valence-electron chi connectivity index (χ2n) is 4.53. The summed E-state index contributed by atoms with van der Waals surface area (Å²) in [5.74, 6) is 5.81. The molecule has 0 saturated carbocycles. The first-order valence-electron chi connectivity index (χ1n) is 6.78. The lowest BCUT2D eigenvalue weighted by atomic mass is 10.1. The highest BCUT2D eigenvalue weighted by Gasteiger charge is 2.02. The van der Waals surface area contributed by atoms with Crippen LogP contribution in [0.15, 0.2) is 43.0 Å². The molecule has 108 valence electrons. The molecule has 3 N–H and O–H groups in total. The van der Waals surface area contributed by atoms with E-state index in [1.54, 1.807) is 12.5 Å². The molecule has 2 aromatic rings. The van der Waals surface area contributed by atoms with Gasteiger partial charge in [0.15, 0.2) is 0 Å². The van der Waals surface area contributed by atoms with Crippen molar-refractivity contribution < 1.29 is 4.79 Å². The largest absolute Gasteiger partial charge is 0.352 e. The van der Waals surface area contributed by atoms with Crippen molar-refractivity contribution in [3.63, 3.8) is 0 Å². The van der Waals surface area contributed by atoms with Gasteiger partial charge in [0.1, 0.15) is 0 Å². The molecular formula is C16H18N4O. The predicted octanol–water partition coefficient (Wildman–Crippen LogP) is 0.900. The van der Waals surface area contributed by atoms with E-state index in [0.29, 0.717) is 26.1 Å². The Bertz CT molecular complexity index is 638. The Morgan fingerprint density at radius 1 is 1.43 bits per heavy atom. The van der Waals surface area contributed by atoms with Crippen LogP contribution in [0.4, 0.5) is 0 Å².